The van der Waals surface area contributed by atoms with E-state index in [0.29, 0.717) is 5.41 Å². The Hall–Kier alpha value is -1.90. The smallest absolute Gasteiger partial charge is 0.144 e. The lowest BCUT2D eigenvalue weighted by Gasteiger charge is -2.19. The predicted molar refractivity (Wildman–Crippen MR) is 77.3 cm³/mol. The van der Waals surface area contributed by atoms with Crippen molar-refractivity contribution in [1.29, 1.82) is 0 Å². The molecule has 3 rings (SSSR count). The second kappa shape index (κ2) is 4.65. The molecule has 0 spiro atoms. The molecule has 0 amide bonds. The predicted octanol–water partition coefficient (Wildman–Crippen LogP) is 3.24. The Morgan fingerprint density at radius 1 is 1.16 bits per heavy atom. The van der Waals surface area contributed by atoms with Crippen LogP contribution >= 0.6 is 0 Å². The number of rotatable bonds is 4. The Kier molecular flexibility index (Phi) is 2.97. The molecule has 1 fully saturated rings. The van der Waals surface area contributed by atoms with Crippen LogP contribution in [-0.4, -0.2) is 16.5 Å². The Labute approximate surface area is 114 Å². The van der Waals surface area contributed by atoms with Crippen molar-refractivity contribution >= 4 is 5.82 Å². The van der Waals surface area contributed by atoms with Crippen LogP contribution in [0.4, 0.5) is 5.82 Å². The van der Waals surface area contributed by atoms with Crippen molar-refractivity contribution in [2.24, 2.45) is 0 Å². The van der Waals surface area contributed by atoms with E-state index in [-0.39, 0.29) is 0 Å². The minimum Gasteiger partial charge on any atom is -0.368 e. The second-order valence-corrected chi connectivity index (χ2v) is 5.49. The number of nitrogens with zero attached hydrogens (tertiary/aromatic N) is 2. The van der Waals surface area contributed by atoms with E-state index in [4.69, 9.17) is 0 Å². The first kappa shape index (κ1) is 12.2. The van der Waals surface area contributed by atoms with E-state index in [0.717, 1.165) is 18.1 Å². The minimum absolute atomic E-state index is 0.302. The van der Waals surface area contributed by atoms with Gasteiger partial charge in [-0.3, -0.25) is 4.98 Å². The van der Waals surface area contributed by atoms with Gasteiger partial charge < -0.3 is 5.32 Å². The third-order valence-corrected chi connectivity index (χ3v) is 3.93. The Balaban J connectivity index is 1.75. The van der Waals surface area contributed by atoms with Gasteiger partial charge in [-0.2, -0.15) is 0 Å². The average molecular weight is 253 g/mol. The molecular formula is C16H19N3. The van der Waals surface area contributed by atoms with Crippen LogP contribution < -0.4 is 5.32 Å². The molecule has 1 N–H and O–H groups in total. The molecule has 1 aliphatic carbocycles. The van der Waals surface area contributed by atoms with E-state index in [2.05, 4.69) is 46.5 Å². The van der Waals surface area contributed by atoms with Crippen LogP contribution in [0.1, 0.15) is 29.7 Å². The first-order chi connectivity index (χ1) is 9.20. The second-order valence-electron chi connectivity index (χ2n) is 5.49. The van der Waals surface area contributed by atoms with Gasteiger partial charge in [-0.25, -0.2) is 4.98 Å². The van der Waals surface area contributed by atoms with Gasteiger partial charge in [-0.15, -0.1) is 0 Å². The summed E-state index contributed by atoms with van der Waals surface area (Å²) < 4.78 is 0. The zero-order valence-corrected chi connectivity index (χ0v) is 11.5. The van der Waals surface area contributed by atoms with Crippen molar-refractivity contribution in [3.63, 3.8) is 0 Å². The van der Waals surface area contributed by atoms with Crippen molar-refractivity contribution in [2.75, 3.05) is 11.9 Å². The first-order valence-corrected chi connectivity index (χ1v) is 6.78. The van der Waals surface area contributed by atoms with Crippen molar-refractivity contribution < 1.29 is 0 Å². The number of aryl methyl sites for hydroxylation is 2. The summed E-state index contributed by atoms with van der Waals surface area (Å²) >= 11 is 0. The highest BCUT2D eigenvalue weighted by molar-refractivity contribution is 5.42. The summed E-state index contributed by atoms with van der Waals surface area (Å²) in [4.78, 5) is 8.62. The van der Waals surface area contributed by atoms with E-state index in [9.17, 15) is 0 Å². The highest BCUT2D eigenvalue weighted by Gasteiger charge is 2.44. The van der Waals surface area contributed by atoms with Crippen LogP contribution in [0.15, 0.2) is 36.7 Å². The summed E-state index contributed by atoms with van der Waals surface area (Å²) in [6.45, 7) is 5.10. The molecule has 3 nitrogen and oxygen atoms in total. The van der Waals surface area contributed by atoms with Crippen LogP contribution in [0.2, 0.25) is 0 Å². The number of benzene rings is 1. The van der Waals surface area contributed by atoms with E-state index < -0.39 is 0 Å². The fourth-order valence-electron chi connectivity index (χ4n) is 2.67. The maximum atomic E-state index is 4.45. The molecule has 3 heteroatoms. The van der Waals surface area contributed by atoms with Gasteiger partial charge >= 0.3 is 0 Å². The number of anilines is 1. The fraction of sp³-hybridized carbons (Fsp3) is 0.375. The van der Waals surface area contributed by atoms with Gasteiger partial charge in [0.05, 0.1) is 11.9 Å². The molecule has 1 heterocycles. The first-order valence-electron chi connectivity index (χ1n) is 6.78. The number of nitrogens with one attached hydrogen (secondary N) is 1. The maximum Gasteiger partial charge on any atom is 0.144 e. The molecule has 98 valence electrons. The minimum atomic E-state index is 0.302. The lowest BCUT2D eigenvalue weighted by Crippen LogP contribution is -2.21. The Morgan fingerprint density at radius 3 is 2.63 bits per heavy atom. The van der Waals surface area contributed by atoms with Crippen molar-refractivity contribution in [3.8, 4) is 0 Å². The molecule has 19 heavy (non-hydrogen) atoms. The molecule has 0 bridgehead atoms. The molecule has 1 aromatic heterocycles. The number of hydrogen-bond acceptors (Lipinski definition) is 3. The molecule has 1 aromatic carbocycles. The zero-order valence-electron chi connectivity index (χ0n) is 11.5. The van der Waals surface area contributed by atoms with E-state index in [1.165, 1.54) is 24.0 Å². The van der Waals surface area contributed by atoms with Gasteiger partial charge in [0.25, 0.3) is 0 Å². The molecule has 1 saturated carbocycles. The Bertz CT molecular complexity index is 588. The molecule has 0 unspecified atom stereocenters. The van der Waals surface area contributed by atoms with Crippen LogP contribution in [0.3, 0.4) is 0 Å². The normalized spacial score (nSPS) is 16.1. The standard InChI is InChI=1S/C16H19N3/c1-12-5-3-4-6-14(12)16(7-8-16)11-18-15-10-17-9-13(2)19-15/h3-6,9-10H,7-8,11H2,1-2H3,(H,18,19). The fourth-order valence-corrected chi connectivity index (χ4v) is 2.67. The van der Waals surface area contributed by atoms with Gasteiger partial charge in [0.2, 0.25) is 0 Å². The monoisotopic (exact) mass is 253 g/mol. The van der Waals surface area contributed by atoms with Gasteiger partial charge in [0.1, 0.15) is 5.82 Å². The lowest BCUT2D eigenvalue weighted by atomic mass is 9.92. The topological polar surface area (TPSA) is 37.8 Å². The van der Waals surface area contributed by atoms with Crippen LogP contribution in [-0.2, 0) is 5.41 Å². The quantitative estimate of drug-likeness (QED) is 0.909. The molecule has 0 atom stereocenters. The summed E-state index contributed by atoms with van der Waals surface area (Å²) in [5.41, 5.74) is 4.11. The highest BCUT2D eigenvalue weighted by atomic mass is 15.0. The average Bonchev–Trinajstić information content (AvgIpc) is 3.18. The zero-order chi connectivity index (χ0) is 13.3. The molecule has 0 radical (unpaired) electrons. The Morgan fingerprint density at radius 2 is 1.95 bits per heavy atom. The highest BCUT2D eigenvalue weighted by Crippen LogP contribution is 2.49. The summed E-state index contributed by atoms with van der Waals surface area (Å²) in [5, 5.41) is 3.44. The molecule has 2 aromatic rings. The van der Waals surface area contributed by atoms with Crippen molar-refractivity contribution in [1.82, 2.24) is 9.97 Å². The summed E-state index contributed by atoms with van der Waals surface area (Å²) in [5.74, 6) is 0.875. The van der Waals surface area contributed by atoms with E-state index in [1.54, 1.807) is 12.4 Å². The van der Waals surface area contributed by atoms with Crippen LogP contribution in [0.5, 0.6) is 0 Å². The molecule has 0 saturated heterocycles. The summed E-state index contributed by atoms with van der Waals surface area (Å²) in [6, 6.07) is 8.69. The molecule has 0 aliphatic heterocycles. The van der Waals surface area contributed by atoms with E-state index in [1.807, 2.05) is 6.92 Å². The third-order valence-electron chi connectivity index (χ3n) is 3.93. The van der Waals surface area contributed by atoms with Gasteiger partial charge in [0.15, 0.2) is 0 Å². The summed E-state index contributed by atoms with van der Waals surface area (Å²) in [6.07, 6.45) is 6.08. The van der Waals surface area contributed by atoms with Gasteiger partial charge in [-0.1, -0.05) is 24.3 Å². The van der Waals surface area contributed by atoms with Gasteiger partial charge in [0, 0.05) is 18.2 Å². The molecule has 1 aliphatic rings. The largest absolute Gasteiger partial charge is 0.368 e. The third kappa shape index (κ3) is 2.46. The summed E-state index contributed by atoms with van der Waals surface area (Å²) in [7, 11) is 0. The SMILES string of the molecule is Cc1cncc(NCC2(c3ccccc3C)CC2)n1. The van der Waals surface area contributed by atoms with Crippen LogP contribution in [0, 0.1) is 13.8 Å². The van der Waals surface area contributed by atoms with Crippen LogP contribution in [0.25, 0.3) is 0 Å². The van der Waals surface area contributed by atoms with E-state index >= 15 is 0 Å². The number of aromatic nitrogens is 2. The maximum absolute atomic E-state index is 4.45. The van der Waals surface area contributed by atoms with Crippen molar-refractivity contribution in [2.45, 2.75) is 32.1 Å². The van der Waals surface area contributed by atoms with Gasteiger partial charge in [-0.05, 0) is 37.8 Å². The molecular weight excluding hydrogens is 234 g/mol. The lowest BCUT2D eigenvalue weighted by molar-refractivity contribution is 0.723. The number of hydrogen-bond donors (Lipinski definition) is 1. The van der Waals surface area contributed by atoms with Crippen molar-refractivity contribution in [3.05, 3.63) is 53.5 Å².